The van der Waals surface area contributed by atoms with Crippen LogP contribution in [-0.4, -0.2) is 9.97 Å². The van der Waals surface area contributed by atoms with E-state index in [2.05, 4.69) is 41.4 Å². The summed E-state index contributed by atoms with van der Waals surface area (Å²) >= 11 is 0. The summed E-state index contributed by atoms with van der Waals surface area (Å²) in [7, 11) is 0. The molecular weight excluding hydrogens is 296 g/mol. The zero-order valence-corrected chi connectivity index (χ0v) is 12.9. The Morgan fingerprint density at radius 1 is 0.833 bits per heavy atom. The molecule has 3 nitrogen and oxygen atoms in total. The van der Waals surface area contributed by atoms with Gasteiger partial charge >= 0.3 is 0 Å². The molecule has 0 atom stereocenters. The third-order valence-corrected chi connectivity index (χ3v) is 4.44. The monoisotopic (exact) mass is 310 g/mol. The van der Waals surface area contributed by atoms with Crippen LogP contribution in [0.3, 0.4) is 0 Å². The van der Waals surface area contributed by atoms with Gasteiger partial charge < -0.3 is 4.74 Å². The summed E-state index contributed by atoms with van der Waals surface area (Å²) in [5.74, 6) is 0.881. The Kier molecular flexibility index (Phi) is 2.85. The molecular formula is C21H14N2O. The van der Waals surface area contributed by atoms with E-state index in [9.17, 15) is 0 Å². The molecule has 2 aromatic carbocycles. The maximum atomic E-state index is 6.00. The zero-order chi connectivity index (χ0) is 15.9. The standard InChI is InChI=1S/C21H14N2O/c1-2-7-14(8-3-1)19-16-10-6-12-22-21(16)23-20-15-9-4-5-11-18(15)24-13-17(19)20/h1-12H,13H2. The number of rotatable bonds is 1. The van der Waals surface area contributed by atoms with E-state index in [4.69, 9.17) is 9.72 Å². The number of hydrogen-bond acceptors (Lipinski definition) is 3. The molecule has 0 unspecified atom stereocenters. The maximum Gasteiger partial charge on any atom is 0.160 e. The highest BCUT2D eigenvalue weighted by Crippen LogP contribution is 2.42. The van der Waals surface area contributed by atoms with E-state index in [1.54, 1.807) is 6.20 Å². The topological polar surface area (TPSA) is 35.0 Å². The number of fused-ring (bicyclic) bond motifs is 4. The second kappa shape index (κ2) is 5.17. The van der Waals surface area contributed by atoms with Crippen LogP contribution in [0.4, 0.5) is 0 Å². The highest BCUT2D eigenvalue weighted by Gasteiger charge is 2.24. The minimum atomic E-state index is 0.522. The Bertz CT molecular complexity index is 1060. The van der Waals surface area contributed by atoms with Gasteiger partial charge in [-0.25, -0.2) is 9.97 Å². The molecule has 0 spiro atoms. The quantitative estimate of drug-likeness (QED) is 0.504. The molecule has 24 heavy (non-hydrogen) atoms. The SMILES string of the molecule is c1ccc(-c2c3c(nc4ncccc24)-c2ccccc2OC3)cc1. The predicted molar refractivity (Wildman–Crippen MR) is 94.7 cm³/mol. The van der Waals surface area contributed by atoms with Crippen molar-refractivity contribution in [2.75, 3.05) is 0 Å². The molecule has 0 fully saturated rings. The van der Waals surface area contributed by atoms with Crippen molar-refractivity contribution < 1.29 is 4.74 Å². The number of ether oxygens (including phenoxy) is 1. The van der Waals surface area contributed by atoms with Crippen molar-refractivity contribution in [3.05, 3.63) is 78.5 Å². The Balaban J connectivity index is 1.92. The largest absolute Gasteiger partial charge is 0.488 e. The summed E-state index contributed by atoms with van der Waals surface area (Å²) in [6, 6.07) is 22.5. The summed E-state index contributed by atoms with van der Waals surface area (Å²) in [6.45, 7) is 0.522. The molecule has 0 radical (unpaired) electrons. The number of benzene rings is 2. The van der Waals surface area contributed by atoms with Gasteiger partial charge in [-0.15, -0.1) is 0 Å². The van der Waals surface area contributed by atoms with Crippen LogP contribution in [0.1, 0.15) is 5.56 Å². The van der Waals surface area contributed by atoms with Crippen LogP contribution in [0.2, 0.25) is 0 Å². The zero-order valence-electron chi connectivity index (χ0n) is 12.9. The van der Waals surface area contributed by atoms with Crippen molar-refractivity contribution in [2.24, 2.45) is 0 Å². The Morgan fingerprint density at radius 3 is 2.58 bits per heavy atom. The number of nitrogens with zero attached hydrogens (tertiary/aromatic N) is 2. The van der Waals surface area contributed by atoms with E-state index in [0.717, 1.165) is 39.2 Å². The molecule has 3 heterocycles. The minimum absolute atomic E-state index is 0.522. The van der Waals surface area contributed by atoms with E-state index in [0.29, 0.717) is 6.61 Å². The second-order valence-corrected chi connectivity index (χ2v) is 5.84. The summed E-state index contributed by atoms with van der Waals surface area (Å²) in [6.07, 6.45) is 1.79. The average Bonchev–Trinajstić information content (AvgIpc) is 2.67. The molecule has 1 aliphatic rings. The highest BCUT2D eigenvalue weighted by atomic mass is 16.5. The lowest BCUT2D eigenvalue weighted by atomic mass is 9.92. The predicted octanol–water partition coefficient (Wildman–Crippen LogP) is 4.86. The van der Waals surface area contributed by atoms with Crippen molar-refractivity contribution >= 4 is 11.0 Å². The van der Waals surface area contributed by atoms with Gasteiger partial charge in [-0.2, -0.15) is 0 Å². The van der Waals surface area contributed by atoms with E-state index in [1.807, 2.05) is 30.3 Å². The van der Waals surface area contributed by atoms with Crippen molar-refractivity contribution in [2.45, 2.75) is 6.61 Å². The first kappa shape index (κ1) is 13.3. The van der Waals surface area contributed by atoms with Crippen molar-refractivity contribution in [3.8, 4) is 28.1 Å². The van der Waals surface area contributed by atoms with Crippen molar-refractivity contribution in [1.29, 1.82) is 0 Å². The maximum absolute atomic E-state index is 6.00. The van der Waals surface area contributed by atoms with Crippen molar-refractivity contribution in [1.82, 2.24) is 9.97 Å². The van der Waals surface area contributed by atoms with Crippen LogP contribution < -0.4 is 4.74 Å². The van der Waals surface area contributed by atoms with Gasteiger partial charge in [0.2, 0.25) is 0 Å². The minimum Gasteiger partial charge on any atom is -0.488 e. The van der Waals surface area contributed by atoms with Crippen LogP contribution in [0.25, 0.3) is 33.4 Å². The Labute approximate surface area is 139 Å². The number of pyridine rings is 2. The first-order valence-corrected chi connectivity index (χ1v) is 7.97. The number of para-hydroxylation sites is 1. The van der Waals surface area contributed by atoms with Crippen LogP contribution in [-0.2, 0) is 6.61 Å². The molecule has 5 rings (SSSR count). The van der Waals surface area contributed by atoms with Gasteiger partial charge in [0.1, 0.15) is 12.4 Å². The summed E-state index contributed by atoms with van der Waals surface area (Å²) in [5.41, 5.74) is 6.23. The molecule has 0 saturated heterocycles. The molecule has 114 valence electrons. The van der Waals surface area contributed by atoms with Crippen molar-refractivity contribution in [3.63, 3.8) is 0 Å². The lowest BCUT2D eigenvalue weighted by molar-refractivity contribution is 0.302. The first-order valence-electron chi connectivity index (χ1n) is 7.97. The van der Waals surface area contributed by atoms with Crippen LogP contribution in [0.5, 0.6) is 5.75 Å². The number of aromatic nitrogens is 2. The normalized spacial score (nSPS) is 12.3. The first-order chi connectivity index (χ1) is 11.9. The number of hydrogen-bond donors (Lipinski definition) is 0. The molecule has 0 amide bonds. The second-order valence-electron chi connectivity index (χ2n) is 5.84. The Hall–Kier alpha value is -3.20. The van der Waals surface area contributed by atoms with Crippen LogP contribution in [0.15, 0.2) is 72.9 Å². The van der Waals surface area contributed by atoms with Gasteiger partial charge in [0.25, 0.3) is 0 Å². The third-order valence-electron chi connectivity index (χ3n) is 4.44. The third kappa shape index (κ3) is 1.91. The fourth-order valence-electron chi connectivity index (χ4n) is 3.37. The van der Waals surface area contributed by atoms with E-state index in [-0.39, 0.29) is 0 Å². The van der Waals surface area contributed by atoms with Crippen LogP contribution >= 0.6 is 0 Å². The van der Waals surface area contributed by atoms with Gasteiger partial charge in [-0.1, -0.05) is 42.5 Å². The molecule has 0 aliphatic carbocycles. The molecule has 2 aromatic heterocycles. The molecule has 0 N–H and O–H groups in total. The fraction of sp³-hybridized carbons (Fsp3) is 0.0476. The highest BCUT2D eigenvalue weighted by molar-refractivity contribution is 5.98. The Morgan fingerprint density at radius 2 is 1.67 bits per heavy atom. The van der Waals surface area contributed by atoms with E-state index < -0.39 is 0 Å². The van der Waals surface area contributed by atoms with E-state index >= 15 is 0 Å². The molecule has 0 saturated carbocycles. The average molecular weight is 310 g/mol. The molecule has 4 aromatic rings. The summed E-state index contributed by atoms with van der Waals surface area (Å²) < 4.78 is 6.00. The van der Waals surface area contributed by atoms with Crippen LogP contribution in [0, 0.1) is 0 Å². The van der Waals surface area contributed by atoms with Gasteiger partial charge in [0.05, 0.1) is 5.69 Å². The van der Waals surface area contributed by atoms with Gasteiger partial charge in [-0.3, -0.25) is 0 Å². The van der Waals surface area contributed by atoms with Gasteiger partial charge in [-0.05, 0) is 29.8 Å². The molecule has 0 bridgehead atoms. The lowest BCUT2D eigenvalue weighted by Gasteiger charge is -2.23. The smallest absolute Gasteiger partial charge is 0.160 e. The molecule has 3 heteroatoms. The van der Waals surface area contributed by atoms with Gasteiger partial charge in [0, 0.05) is 28.3 Å². The molecule has 1 aliphatic heterocycles. The van der Waals surface area contributed by atoms with Gasteiger partial charge in [0.15, 0.2) is 5.65 Å². The summed E-state index contributed by atoms with van der Waals surface area (Å²) in [5, 5.41) is 1.06. The van der Waals surface area contributed by atoms with E-state index in [1.165, 1.54) is 5.56 Å². The lowest BCUT2D eigenvalue weighted by Crippen LogP contribution is -2.09. The summed E-state index contributed by atoms with van der Waals surface area (Å²) in [4.78, 5) is 9.35. The fourth-order valence-corrected chi connectivity index (χ4v) is 3.37.